The molecule has 0 N–H and O–H groups in total. The average Bonchev–Trinajstić information content (AvgIpc) is 2.29. The molecule has 0 bridgehead atoms. The highest BCUT2D eigenvalue weighted by Gasteiger charge is 2.07. The van der Waals surface area contributed by atoms with E-state index in [4.69, 9.17) is 12.2 Å². The molecule has 0 aromatic heterocycles. The summed E-state index contributed by atoms with van der Waals surface area (Å²) >= 11 is 10.7. The van der Waals surface area contributed by atoms with Crippen molar-refractivity contribution in [2.24, 2.45) is 0 Å². The molecule has 0 aliphatic heterocycles. The van der Waals surface area contributed by atoms with Gasteiger partial charge in [-0.1, -0.05) is 58.1 Å². The second-order valence-corrected chi connectivity index (χ2v) is 5.78. The fourth-order valence-corrected chi connectivity index (χ4v) is 3.35. The third kappa shape index (κ3) is 4.07. The van der Waals surface area contributed by atoms with Gasteiger partial charge in [0.25, 0.3) is 0 Å². The zero-order valence-corrected chi connectivity index (χ0v) is 12.8. The Morgan fingerprint density at radius 3 is 2.50 bits per heavy atom. The van der Waals surface area contributed by atoms with Crippen LogP contribution >= 0.6 is 39.9 Å². The van der Waals surface area contributed by atoms with Gasteiger partial charge in [0, 0.05) is 23.3 Å². The third-order valence-corrected chi connectivity index (χ3v) is 4.68. The lowest BCUT2D eigenvalue weighted by molar-refractivity contribution is 0.482. The summed E-state index contributed by atoms with van der Waals surface area (Å²) in [5.74, 6) is 0.927. The molecule has 1 rings (SSSR count). The summed E-state index contributed by atoms with van der Waals surface area (Å²) in [7, 11) is 0. The Bertz CT molecular complexity index is 351. The van der Waals surface area contributed by atoms with E-state index in [1.807, 2.05) is 6.07 Å². The van der Waals surface area contributed by atoms with Gasteiger partial charge in [0.2, 0.25) is 0 Å². The molecular weight excluding hydrogens is 302 g/mol. The highest BCUT2D eigenvalue weighted by Crippen LogP contribution is 2.23. The van der Waals surface area contributed by atoms with E-state index in [0.29, 0.717) is 0 Å². The predicted octanol–water partition coefficient (Wildman–Crippen LogP) is 4.31. The fourth-order valence-electron chi connectivity index (χ4n) is 1.33. The zero-order valence-electron chi connectivity index (χ0n) is 9.57. The van der Waals surface area contributed by atoms with Crippen molar-refractivity contribution in [1.29, 1.82) is 0 Å². The minimum absolute atomic E-state index is 0.927. The van der Waals surface area contributed by atoms with Gasteiger partial charge < -0.3 is 4.90 Å². The maximum Gasteiger partial charge on any atom is 0.136 e. The number of benzene rings is 1. The van der Waals surface area contributed by atoms with Gasteiger partial charge in [-0.25, -0.2) is 0 Å². The Hall–Kier alpha value is -0.0600. The summed E-state index contributed by atoms with van der Waals surface area (Å²) in [5.41, 5.74) is 1.29. The summed E-state index contributed by atoms with van der Waals surface area (Å²) < 4.78 is 2.14. The molecular formula is C12H16BrNS2. The molecule has 0 atom stereocenters. The Balaban J connectivity index is 2.52. The standard InChI is InChI=1S/C12H16BrNS2/c1-3-14(4-2)12(15)16-9-10-7-5-6-8-11(10)13/h5-8H,3-4,9H2,1-2H3. The number of rotatable bonds is 4. The number of hydrogen-bond donors (Lipinski definition) is 0. The molecule has 4 heteroatoms. The minimum Gasteiger partial charge on any atom is -0.358 e. The largest absolute Gasteiger partial charge is 0.358 e. The van der Waals surface area contributed by atoms with Crippen molar-refractivity contribution in [3.8, 4) is 0 Å². The smallest absolute Gasteiger partial charge is 0.136 e. The quantitative estimate of drug-likeness (QED) is 0.762. The fraction of sp³-hybridized carbons (Fsp3) is 0.417. The number of nitrogens with zero attached hydrogens (tertiary/aromatic N) is 1. The van der Waals surface area contributed by atoms with E-state index in [0.717, 1.165) is 27.6 Å². The van der Waals surface area contributed by atoms with Gasteiger partial charge in [-0.05, 0) is 25.5 Å². The van der Waals surface area contributed by atoms with Crippen LogP contribution in [0.2, 0.25) is 0 Å². The van der Waals surface area contributed by atoms with Crippen LogP contribution in [0.4, 0.5) is 0 Å². The second kappa shape index (κ2) is 7.30. The van der Waals surface area contributed by atoms with E-state index in [1.54, 1.807) is 11.8 Å². The molecule has 0 aliphatic rings. The molecule has 1 aromatic carbocycles. The Morgan fingerprint density at radius 2 is 1.94 bits per heavy atom. The molecule has 0 saturated carbocycles. The lowest BCUT2D eigenvalue weighted by atomic mass is 10.2. The van der Waals surface area contributed by atoms with Crippen LogP contribution in [-0.2, 0) is 5.75 Å². The van der Waals surface area contributed by atoms with Crippen LogP contribution in [0.15, 0.2) is 28.7 Å². The van der Waals surface area contributed by atoms with Crippen LogP contribution in [0.1, 0.15) is 19.4 Å². The van der Waals surface area contributed by atoms with E-state index in [2.05, 4.69) is 52.9 Å². The molecule has 88 valence electrons. The highest BCUT2D eigenvalue weighted by molar-refractivity contribution is 9.10. The van der Waals surface area contributed by atoms with Gasteiger partial charge in [-0.3, -0.25) is 0 Å². The van der Waals surface area contributed by atoms with Crippen molar-refractivity contribution in [3.05, 3.63) is 34.3 Å². The Morgan fingerprint density at radius 1 is 1.31 bits per heavy atom. The van der Waals surface area contributed by atoms with E-state index < -0.39 is 0 Å². The third-order valence-electron chi connectivity index (χ3n) is 2.33. The van der Waals surface area contributed by atoms with Gasteiger partial charge >= 0.3 is 0 Å². The van der Waals surface area contributed by atoms with Crippen LogP contribution in [0.25, 0.3) is 0 Å². The summed E-state index contributed by atoms with van der Waals surface area (Å²) in [6, 6.07) is 8.28. The first-order valence-corrected chi connectivity index (χ1v) is 7.52. The van der Waals surface area contributed by atoms with Crippen molar-refractivity contribution in [3.63, 3.8) is 0 Å². The van der Waals surface area contributed by atoms with Crippen molar-refractivity contribution >= 4 is 44.2 Å². The lowest BCUT2D eigenvalue weighted by Gasteiger charge is -2.20. The molecule has 1 aromatic rings. The van der Waals surface area contributed by atoms with E-state index in [-0.39, 0.29) is 0 Å². The van der Waals surface area contributed by atoms with Gasteiger partial charge in [0.15, 0.2) is 0 Å². The van der Waals surface area contributed by atoms with Gasteiger partial charge in [0.1, 0.15) is 4.32 Å². The summed E-state index contributed by atoms with van der Waals surface area (Å²) in [4.78, 5) is 2.21. The van der Waals surface area contributed by atoms with Crippen molar-refractivity contribution in [2.75, 3.05) is 13.1 Å². The highest BCUT2D eigenvalue weighted by atomic mass is 79.9. The minimum atomic E-state index is 0.927. The monoisotopic (exact) mass is 317 g/mol. The Kier molecular flexibility index (Phi) is 6.39. The SMILES string of the molecule is CCN(CC)C(=S)SCc1ccccc1Br. The molecule has 0 aliphatic carbocycles. The van der Waals surface area contributed by atoms with Crippen LogP contribution in [0, 0.1) is 0 Å². The molecule has 0 radical (unpaired) electrons. The first-order chi connectivity index (χ1) is 7.69. The summed E-state index contributed by atoms with van der Waals surface area (Å²) in [5, 5.41) is 0. The molecule has 0 unspecified atom stereocenters. The maximum atomic E-state index is 5.39. The zero-order chi connectivity index (χ0) is 12.0. The number of halogens is 1. The first-order valence-electron chi connectivity index (χ1n) is 5.34. The maximum absolute atomic E-state index is 5.39. The second-order valence-electron chi connectivity index (χ2n) is 3.32. The van der Waals surface area contributed by atoms with Crippen LogP contribution in [0.3, 0.4) is 0 Å². The average molecular weight is 318 g/mol. The molecule has 0 fully saturated rings. The molecule has 16 heavy (non-hydrogen) atoms. The predicted molar refractivity (Wildman–Crippen MR) is 81.0 cm³/mol. The van der Waals surface area contributed by atoms with Crippen molar-refractivity contribution in [1.82, 2.24) is 4.90 Å². The van der Waals surface area contributed by atoms with Crippen molar-refractivity contribution in [2.45, 2.75) is 19.6 Å². The molecule has 0 heterocycles. The normalized spacial score (nSPS) is 10.2. The van der Waals surface area contributed by atoms with Crippen LogP contribution < -0.4 is 0 Å². The lowest BCUT2D eigenvalue weighted by Crippen LogP contribution is -2.26. The number of thioether (sulfide) groups is 1. The first kappa shape index (κ1) is 14.0. The topological polar surface area (TPSA) is 3.24 Å². The molecule has 1 nitrogen and oxygen atoms in total. The number of hydrogen-bond acceptors (Lipinski definition) is 2. The Labute approximate surface area is 116 Å². The summed E-state index contributed by atoms with van der Waals surface area (Å²) in [6.07, 6.45) is 0. The number of thiocarbonyl (C=S) groups is 1. The van der Waals surface area contributed by atoms with Crippen LogP contribution in [0.5, 0.6) is 0 Å². The van der Waals surface area contributed by atoms with Crippen molar-refractivity contribution < 1.29 is 0 Å². The van der Waals surface area contributed by atoms with Gasteiger partial charge in [-0.2, -0.15) is 0 Å². The van der Waals surface area contributed by atoms with Gasteiger partial charge in [0.05, 0.1) is 0 Å². The van der Waals surface area contributed by atoms with Gasteiger partial charge in [-0.15, -0.1) is 0 Å². The molecule has 0 spiro atoms. The molecule has 0 amide bonds. The van der Waals surface area contributed by atoms with E-state index >= 15 is 0 Å². The summed E-state index contributed by atoms with van der Waals surface area (Å²) in [6.45, 7) is 6.24. The molecule has 0 saturated heterocycles. The van der Waals surface area contributed by atoms with E-state index in [9.17, 15) is 0 Å². The van der Waals surface area contributed by atoms with E-state index in [1.165, 1.54) is 5.56 Å². The van der Waals surface area contributed by atoms with Crippen LogP contribution in [-0.4, -0.2) is 22.3 Å².